The molecule has 1 amide bonds. The SMILES string of the molecule is COc1ccc(C(=O)NCC2NCCc3ccccc32)c(OC)c1.Cl. The van der Waals surface area contributed by atoms with E-state index < -0.39 is 0 Å². The molecule has 0 saturated heterocycles. The van der Waals surface area contributed by atoms with Gasteiger partial charge < -0.3 is 20.1 Å². The summed E-state index contributed by atoms with van der Waals surface area (Å²) in [7, 11) is 3.13. The van der Waals surface area contributed by atoms with Crippen molar-refractivity contribution in [3.8, 4) is 11.5 Å². The number of hydrogen-bond donors (Lipinski definition) is 2. The van der Waals surface area contributed by atoms with E-state index in [0.717, 1.165) is 13.0 Å². The molecule has 1 unspecified atom stereocenters. The molecule has 0 aliphatic carbocycles. The standard InChI is InChI=1S/C19H22N2O3.ClH/c1-23-14-7-8-16(18(11-14)24-2)19(22)21-12-17-15-6-4-3-5-13(15)9-10-20-17;/h3-8,11,17,20H,9-10,12H2,1-2H3,(H,21,22);1H. The number of amides is 1. The van der Waals surface area contributed by atoms with Gasteiger partial charge in [0.25, 0.3) is 5.91 Å². The van der Waals surface area contributed by atoms with Gasteiger partial charge in [-0.2, -0.15) is 0 Å². The maximum Gasteiger partial charge on any atom is 0.255 e. The van der Waals surface area contributed by atoms with Crippen LogP contribution < -0.4 is 20.1 Å². The quantitative estimate of drug-likeness (QED) is 0.858. The molecular weight excluding hydrogens is 340 g/mol. The Bertz CT molecular complexity index is 736. The van der Waals surface area contributed by atoms with Crippen molar-refractivity contribution in [2.75, 3.05) is 27.3 Å². The molecular formula is C19H23ClN2O3. The highest BCUT2D eigenvalue weighted by atomic mass is 35.5. The predicted octanol–water partition coefficient (Wildman–Crippen LogP) is 2.74. The Morgan fingerprint density at radius 1 is 1.20 bits per heavy atom. The molecule has 2 aromatic rings. The van der Waals surface area contributed by atoms with Crippen LogP contribution in [0.15, 0.2) is 42.5 Å². The molecule has 1 atom stereocenters. The van der Waals surface area contributed by atoms with Crippen LogP contribution in [0.4, 0.5) is 0 Å². The first-order valence-corrected chi connectivity index (χ1v) is 8.04. The first-order valence-electron chi connectivity index (χ1n) is 8.04. The van der Waals surface area contributed by atoms with E-state index >= 15 is 0 Å². The minimum Gasteiger partial charge on any atom is -0.497 e. The zero-order valence-electron chi connectivity index (χ0n) is 14.4. The number of benzene rings is 2. The summed E-state index contributed by atoms with van der Waals surface area (Å²) >= 11 is 0. The number of hydrogen-bond acceptors (Lipinski definition) is 4. The minimum absolute atomic E-state index is 0. The average Bonchev–Trinajstić information content (AvgIpc) is 2.65. The molecule has 3 rings (SSSR count). The maximum atomic E-state index is 12.5. The third kappa shape index (κ3) is 4.24. The Hall–Kier alpha value is -2.24. The fourth-order valence-corrected chi connectivity index (χ4v) is 3.05. The molecule has 5 nitrogen and oxygen atoms in total. The van der Waals surface area contributed by atoms with Crippen molar-refractivity contribution in [2.24, 2.45) is 0 Å². The highest BCUT2D eigenvalue weighted by molar-refractivity contribution is 5.97. The summed E-state index contributed by atoms with van der Waals surface area (Å²) in [5.41, 5.74) is 3.10. The number of carbonyl (C=O) groups is 1. The second kappa shape index (κ2) is 8.74. The lowest BCUT2D eigenvalue weighted by Crippen LogP contribution is -2.38. The summed E-state index contributed by atoms with van der Waals surface area (Å²) in [4.78, 5) is 12.5. The van der Waals surface area contributed by atoms with Gasteiger partial charge in [0.1, 0.15) is 11.5 Å². The molecule has 6 heteroatoms. The summed E-state index contributed by atoms with van der Waals surface area (Å²) in [5, 5.41) is 6.46. The fraction of sp³-hybridized carbons (Fsp3) is 0.316. The van der Waals surface area contributed by atoms with Crippen molar-refractivity contribution in [3.63, 3.8) is 0 Å². The second-order valence-corrected chi connectivity index (χ2v) is 5.73. The number of carbonyl (C=O) groups excluding carboxylic acids is 1. The van der Waals surface area contributed by atoms with Gasteiger partial charge in [0.05, 0.1) is 19.8 Å². The number of methoxy groups -OCH3 is 2. The van der Waals surface area contributed by atoms with Crippen molar-refractivity contribution in [2.45, 2.75) is 12.5 Å². The van der Waals surface area contributed by atoms with Crippen molar-refractivity contribution < 1.29 is 14.3 Å². The van der Waals surface area contributed by atoms with E-state index in [1.807, 2.05) is 6.07 Å². The van der Waals surface area contributed by atoms with Crippen LogP contribution in [-0.4, -0.2) is 33.2 Å². The molecule has 1 aliphatic heterocycles. The molecule has 0 spiro atoms. The number of ether oxygens (including phenoxy) is 2. The zero-order chi connectivity index (χ0) is 16.9. The molecule has 25 heavy (non-hydrogen) atoms. The van der Waals surface area contributed by atoms with E-state index in [1.165, 1.54) is 11.1 Å². The fourth-order valence-electron chi connectivity index (χ4n) is 3.05. The van der Waals surface area contributed by atoms with Crippen LogP contribution in [0.5, 0.6) is 11.5 Å². The van der Waals surface area contributed by atoms with Crippen LogP contribution in [0, 0.1) is 0 Å². The van der Waals surface area contributed by atoms with Gasteiger partial charge in [-0.1, -0.05) is 24.3 Å². The largest absolute Gasteiger partial charge is 0.497 e. The van der Waals surface area contributed by atoms with Gasteiger partial charge >= 0.3 is 0 Å². The van der Waals surface area contributed by atoms with Gasteiger partial charge in [0.2, 0.25) is 0 Å². The van der Waals surface area contributed by atoms with Gasteiger partial charge in [0, 0.05) is 18.7 Å². The Labute approximate surface area is 154 Å². The molecule has 0 saturated carbocycles. The van der Waals surface area contributed by atoms with E-state index in [0.29, 0.717) is 23.6 Å². The van der Waals surface area contributed by atoms with Crippen molar-refractivity contribution in [1.29, 1.82) is 0 Å². The summed E-state index contributed by atoms with van der Waals surface area (Å²) in [5.74, 6) is 1.01. The van der Waals surface area contributed by atoms with Crippen LogP contribution >= 0.6 is 12.4 Å². The highest BCUT2D eigenvalue weighted by Crippen LogP contribution is 2.25. The molecule has 0 bridgehead atoms. The first kappa shape index (κ1) is 19.1. The Morgan fingerprint density at radius 2 is 2.00 bits per heavy atom. The lowest BCUT2D eigenvalue weighted by molar-refractivity contribution is 0.0946. The minimum atomic E-state index is -0.153. The molecule has 2 N–H and O–H groups in total. The van der Waals surface area contributed by atoms with Crippen LogP contribution in [0.3, 0.4) is 0 Å². The molecule has 0 fully saturated rings. The van der Waals surface area contributed by atoms with Crippen LogP contribution in [0.25, 0.3) is 0 Å². The van der Waals surface area contributed by atoms with Gasteiger partial charge in [-0.05, 0) is 36.2 Å². The Balaban J connectivity index is 0.00000225. The zero-order valence-corrected chi connectivity index (χ0v) is 15.2. The molecule has 2 aromatic carbocycles. The van der Waals surface area contributed by atoms with Crippen LogP contribution in [0.2, 0.25) is 0 Å². The lowest BCUT2D eigenvalue weighted by Gasteiger charge is -2.27. The molecule has 1 heterocycles. The smallest absolute Gasteiger partial charge is 0.255 e. The van der Waals surface area contributed by atoms with Crippen molar-refractivity contribution in [1.82, 2.24) is 10.6 Å². The summed E-state index contributed by atoms with van der Waals surface area (Å²) in [6, 6.07) is 13.7. The summed E-state index contributed by atoms with van der Waals surface area (Å²) in [6.45, 7) is 1.45. The average molecular weight is 363 g/mol. The maximum absolute atomic E-state index is 12.5. The lowest BCUT2D eigenvalue weighted by atomic mass is 9.94. The van der Waals surface area contributed by atoms with Crippen molar-refractivity contribution in [3.05, 3.63) is 59.2 Å². The van der Waals surface area contributed by atoms with Gasteiger partial charge in [-0.3, -0.25) is 4.79 Å². The third-order valence-electron chi connectivity index (χ3n) is 4.34. The van der Waals surface area contributed by atoms with Crippen molar-refractivity contribution >= 4 is 18.3 Å². The van der Waals surface area contributed by atoms with E-state index in [-0.39, 0.29) is 24.4 Å². The molecule has 0 radical (unpaired) electrons. The van der Waals surface area contributed by atoms with E-state index in [9.17, 15) is 4.79 Å². The van der Waals surface area contributed by atoms with E-state index in [1.54, 1.807) is 32.4 Å². The third-order valence-corrected chi connectivity index (χ3v) is 4.34. The topological polar surface area (TPSA) is 59.6 Å². The Kier molecular flexibility index (Phi) is 6.67. The monoisotopic (exact) mass is 362 g/mol. The predicted molar refractivity (Wildman–Crippen MR) is 100 cm³/mol. The van der Waals surface area contributed by atoms with Gasteiger partial charge in [-0.15, -0.1) is 12.4 Å². The van der Waals surface area contributed by atoms with Crippen LogP contribution in [-0.2, 0) is 6.42 Å². The summed E-state index contributed by atoms with van der Waals surface area (Å²) < 4.78 is 10.5. The Morgan fingerprint density at radius 3 is 2.76 bits per heavy atom. The van der Waals surface area contributed by atoms with E-state index in [4.69, 9.17) is 9.47 Å². The highest BCUT2D eigenvalue weighted by Gasteiger charge is 2.20. The normalized spacial score (nSPS) is 15.5. The summed E-state index contributed by atoms with van der Waals surface area (Å²) in [6.07, 6.45) is 1.02. The number of fused-ring (bicyclic) bond motifs is 1. The molecule has 134 valence electrons. The van der Waals surface area contributed by atoms with Crippen LogP contribution in [0.1, 0.15) is 27.5 Å². The number of halogens is 1. The molecule has 1 aliphatic rings. The van der Waals surface area contributed by atoms with Gasteiger partial charge in [0.15, 0.2) is 0 Å². The number of rotatable bonds is 5. The van der Waals surface area contributed by atoms with Gasteiger partial charge in [-0.25, -0.2) is 0 Å². The second-order valence-electron chi connectivity index (χ2n) is 5.73. The first-order chi connectivity index (χ1) is 11.7. The van der Waals surface area contributed by atoms with E-state index in [2.05, 4.69) is 28.8 Å². The number of nitrogens with one attached hydrogen (secondary N) is 2. The molecule has 0 aromatic heterocycles.